The summed E-state index contributed by atoms with van der Waals surface area (Å²) in [5, 5.41) is 9.76. The number of carboxylic acid groups (broad SMARTS) is 1. The van der Waals surface area contributed by atoms with Crippen molar-refractivity contribution in [2.24, 2.45) is 0 Å². The zero-order valence-electron chi connectivity index (χ0n) is 32.2. The molecule has 0 aromatic carbocycles. The van der Waals surface area contributed by atoms with E-state index in [0.717, 1.165) is 32.1 Å². The summed E-state index contributed by atoms with van der Waals surface area (Å²) in [4.78, 5) is 38.5. The second kappa shape index (κ2) is 30.6. The number of esters is 1. The molecule has 1 N–H and O–H groups in total. The summed E-state index contributed by atoms with van der Waals surface area (Å²) in [6, 6.07) is 0. The van der Waals surface area contributed by atoms with Crippen molar-refractivity contribution < 1.29 is 28.7 Å². The van der Waals surface area contributed by atoms with E-state index in [1.54, 1.807) is 0 Å². The van der Waals surface area contributed by atoms with Crippen molar-refractivity contribution in [3.63, 3.8) is 0 Å². The Morgan fingerprint density at radius 2 is 0.787 bits per heavy atom. The predicted octanol–water partition coefficient (Wildman–Crippen LogP) is 11.8. The molecule has 0 aliphatic rings. The first-order valence-electron chi connectivity index (χ1n) is 20.3. The number of rotatable bonds is 36. The molecule has 0 aromatic heterocycles. The third kappa shape index (κ3) is 29.2. The molecule has 47 heavy (non-hydrogen) atoms. The zero-order valence-corrected chi connectivity index (χ0v) is 32.2. The minimum Gasteiger partial charge on any atom is -0.481 e. The maximum Gasteiger partial charge on any atom is 0.308 e. The Hall–Kier alpha value is -1.43. The Morgan fingerprint density at radius 3 is 1.09 bits per heavy atom. The summed E-state index contributed by atoms with van der Waals surface area (Å²) >= 11 is 0. The molecule has 0 aliphatic carbocycles. The van der Waals surface area contributed by atoms with Gasteiger partial charge in [0.2, 0.25) is 5.60 Å². The van der Waals surface area contributed by atoms with Gasteiger partial charge in [0.05, 0.1) is 27.6 Å². The maximum absolute atomic E-state index is 13.6. The van der Waals surface area contributed by atoms with Crippen LogP contribution in [0.3, 0.4) is 0 Å². The van der Waals surface area contributed by atoms with Crippen LogP contribution < -0.4 is 0 Å². The Morgan fingerprint density at radius 1 is 0.489 bits per heavy atom. The fourth-order valence-electron chi connectivity index (χ4n) is 6.82. The SMILES string of the molecule is CCCCCCCCCCCCCCCCC(=O)OC(CC(=O)O)(C[N+](C)(C)C)C(=O)CCCCCCCCCCCCCCCC. The number of nitrogens with zero attached hydrogens (tertiary/aromatic N) is 1. The van der Waals surface area contributed by atoms with Crippen LogP contribution in [0.4, 0.5) is 0 Å². The zero-order chi connectivity index (χ0) is 35.1. The average Bonchev–Trinajstić information content (AvgIpc) is 3.00. The quantitative estimate of drug-likeness (QED) is 0.0409. The van der Waals surface area contributed by atoms with Gasteiger partial charge in [0.1, 0.15) is 6.54 Å². The van der Waals surface area contributed by atoms with Crippen LogP contribution in [0.25, 0.3) is 0 Å². The standard InChI is InChI=1S/C41H79NO5/c1-6-8-10-12-14-16-18-20-22-24-26-28-30-32-34-38(43)41(36-39(44)45,37-42(3,4)5)47-40(46)35-33-31-29-27-25-23-21-19-17-15-13-11-9-7-2/h6-37H2,1-5H3/p+1. The molecule has 0 aliphatic heterocycles. The molecular weight excluding hydrogens is 586 g/mol. The fourth-order valence-corrected chi connectivity index (χ4v) is 6.82. The van der Waals surface area contributed by atoms with Gasteiger partial charge >= 0.3 is 11.9 Å². The van der Waals surface area contributed by atoms with Gasteiger partial charge in [-0.3, -0.25) is 14.4 Å². The highest BCUT2D eigenvalue weighted by molar-refractivity contribution is 5.93. The first-order valence-corrected chi connectivity index (χ1v) is 20.3. The Kier molecular flexibility index (Phi) is 29.7. The maximum atomic E-state index is 13.6. The van der Waals surface area contributed by atoms with E-state index in [0.29, 0.717) is 10.9 Å². The lowest BCUT2D eigenvalue weighted by molar-refractivity contribution is -0.875. The predicted molar refractivity (Wildman–Crippen MR) is 199 cm³/mol. The number of likely N-dealkylation sites (N-methyl/N-ethyl adjacent to an activating group) is 1. The van der Waals surface area contributed by atoms with Crippen molar-refractivity contribution in [2.75, 3.05) is 27.7 Å². The monoisotopic (exact) mass is 667 g/mol. The summed E-state index contributed by atoms with van der Waals surface area (Å²) in [5.74, 6) is -1.77. The highest BCUT2D eigenvalue weighted by atomic mass is 16.6. The van der Waals surface area contributed by atoms with Crippen LogP contribution in [0, 0.1) is 0 Å². The molecule has 1 atom stereocenters. The summed E-state index contributed by atoms with van der Waals surface area (Å²) in [5.41, 5.74) is -1.60. The van der Waals surface area contributed by atoms with Crippen LogP contribution >= 0.6 is 0 Å². The number of aliphatic carboxylic acids is 1. The highest BCUT2D eigenvalue weighted by Gasteiger charge is 2.48. The molecule has 0 aromatic rings. The van der Waals surface area contributed by atoms with E-state index < -0.39 is 24.0 Å². The van der Waals surface area contributed by atoms with E-state index in [9.17, 15) is 19.5 Å². The summed E-state index contributed by atoms with van der Waals surface area (Å²) in [6.07, 6.45) is 34.7. The van der Waals surface area contributed by atoms with Gasteiger partial charge in [0, 0.05) is 12.8 Å². The van der Waals surface area contributed by atoms with Gasteiger partial charge in [-0.2, -0.15) is 0 Å². The number of ether oxygens (including phenoxy) is 1. The van der Waals surface area contributed by atoms with E-state index in [1.807, 2.05) is 21.1 Å². The molecule has 0 radical (unpaired) electrons. The van der Waals surface area contributed by atoms with Gasteiger partial charge in [-0.05, 0) is 12.8 Å². The largest absolute Gasteiger partial charge is 0.481 e. The number of ketones is 1. The number of quaternary nitrogens is 1. The average molecular weight is 667 g/mol. The van der Waals surface area contributed by atoms with Crippen LogP contribution in [0.15, 0.2) is 0 Å². The van der Waals surface area contributed by atoms with Crippen LogP contribution in [0.2, 0.25) is 0 Å². The van der Waals surface area contributed by atoms with Gasteiger partial charge in [0.25, 0.3) is 0 Å². The molecule has 0 saturated heterocycles. The second-order valence-corrected chi connectivity index (χ2v) is 15.6. The van der Waals surface area contributed by atoms with Crippen molar-refractivity contribution in [2.45, 2.75) is 218 Å². The summed E-state index contributed by atoms with van der Waals surface area (Å²) < 4.78 is 6.24. The molecule has 0 heterocycles. The first-order chi connectivity index (χ1) is 22.6. The highest BCUT2D eigenvalue weighted by Crippen LogP contribution is 2.26. The molecule has 0 spiro atoms. The van der Waals surface area contributed by atoms with E-state index in [-0.39, 0.29) is 25.2 Å². The van der Waals surface area contributed by atoms with Crippen molar-refractivity contribution in [3.8, 4) is 0 Å². The number of hydrogen-bond acceptors (Lipinski definition) is 4. The van der Waals surface area contributed by atoms with Crippen LogP contribution in [-0.4, -0.2) is 60.6 Å². The van der Waals surface area contributed by atoms with Crippen LogP contribution in [-0.2, 0) is 19.1 Å². The lowest BCUT2D eigenvalue weighted by Crippen LogP contribution is -2.57. The fraction of sp³-hybridized carbons (Fsp3) is 0.927. The normalized spacial score (nSPS) is 13.0. The van der Waals surface area contributed by atoms with Gasteiger partial charge in [0.15, 0.2) is 5.78 Å². The number of carbonyl (C=O) groups excluding carboxylic acids is 2. The minimum absolute atomic E-state index is 0.168. The molecule has 0 rings (SSSR count). The molecule has 278 valence electrons. The lowest BCUT2D eigenvalue weighted by Gasteiger charge is -2.37. The molecule has 6 nitrogen and oxygen atoms in total. The topological polar surface area (TPSA) is 80.7 Å². The number of unbranched alkanes of at least 4 members (excludes halogenated alkanes) is 26. The minimum atomic E-state index is -1.60. The molecule has 0 amide bonds. The van der Waals surface area contributed by atoms with Crippen LogP contribution in [0.1, 0.15) is 213 Å². The third-order valence-electron chi connectivity index (χ3n) is 9.48. The number of carboxylic acids is 1. The number of Topliss-reactive ketones (excluding diaryl/α,β-unsaturated/α-hetero) is 1. The Labute approximate surface area is 292 Å². The van der Waals surface area contributed by atoms with Crippen molar-refractivity contribution >= 4 is 17.7 Å². The molecular formula is C41H80NO5+. The Bertz CT molecular complexity index is 761. The molecule has 0 fully saturated rings. The van der Waals surface area contributed by atoms with E-state index in [2.05, 4.69) is 13.8 Å². The molecule has 0 bridgehead atoms. The first kappa shape index (κ1) is 45.6. The molecule has 1 unspecified atom stereocenters. The van der Waals surface area contributed by atoms with Crippen molar-refractivity contribution in [1.29, 1.82) is 0 Å². The van der Waals surface area contributed by atoms with E-state index in [1.165, 1.54) is 141 Å². The van der Waals surface area contributed by atoms with Gasteiger partial charge in [-0.25, -0.2) is 0 Å². The van der Waals surface area contributed by atoms with E-state index >= 15 is 0 Å². The van der Waals surface area contributed by atoms with Crippen molar-refractivity contribution in [1.82, 2.24) is 0 Å². The van der Waals surface area contributed by atoms with E-state index in [4.69, 9.17) is 4.74 Å². The third-order valence-corrected chi connectivity index (χ3v) is 9.48. The summed E-state index contributed by atoms with van der Waals surface area (Å²) in [7, 11) is 5.74. The number of carbonyl (C=O) groups is 3. The van der Waals surface area contributed by atoms with Gasteiger partial charge in [-0.1, -0.05) is 181 Å². The molecule has 0 saturated carbocycles. The van der Waals surface area contributed by atoms with Gasteiger partial charge < -0.3 is 14.3 Å². The molecule has 6 heteroatoms. The number of hydrogen-bond donors (Lipinski definition) is 1. The summed E-state index contributed by atoms with van der Waals surface area (Å²) in [6.45, 7) is 4.69. The second-order valence-electron chi connectivity index (χ2n) is 15.6. The Balaban J connectivity index is 4.41. The smallest absolute Gasteiger partial charge is 0.308 e. The van der Waals surface area contributed by atoms with Crippen LogP contribution in [0.5, 0.6) is 0 Å². The lowest BCUT2D eigenvalue weighted by atomic mass is 9.89. The van der Waals surface area contributed by atoms with Crippen molar-refractivity contribution in [3.05, 3.63) is 0 Å². The van der Waals surface area contributed by atoms with Gasteiger partial charge in [-0.15, -0.1) is 0 Å².